The lowest BCUT2D eigenvalue weighted by Gasteiger charge is -2.19. The lowest BCUT2D eigenvalue weighted by molar-refractivity contribution is 0.656. The number of fused-ring (bicyclic) bond motifs is 2. The van der Waals surface area contributed by atoms with Gasteiger partial charge >= 0.3 is 0 Å². The van der Waals surface area contributed by atoms with Gasteiger partial charge in [0.25, 0.3) is 0 Å². The lowest BCUT2D eigenvalue weighted by Crippen LogP contribution is -2.08. The predicted molar refractivity (Wildman–Crippen MR) is 68.4 cm³/mol. The van der Waals surface area contributed by atoms with E-state index in [1.165, 1.54) is 41.8 Å². The van der Waals surface area contributed by atoms with Gasteiger partial charge in [0.2, 0.25) is 0 Å². The highest BCUT2D eigenvalue weighted by Gasteiger charge is 2.17. The van der Waals surface area contributed by atoms with Crippen molar-refractivity contribution < 1.29 is 0 Å². The molecular weight excluding hydrogens is 216 g/mol. The molecule has 0 aliphatic heterocycles. The molecule has 1 aliphatic carbocycles. The van der Waals surface area contributed by atoms with Crippen molar-refractivity contribution in [2.45, 2.75) is 37.6 Å². The predicted octanol–water partition coefficient (Wildman–Crippen LogP) is 3.24. The third kappa shape index (κ3) is 1.46. The molecule has 3 heteroatoms. The molecule has 0 radical (unpaired) electrons. The Labute approximate surface area is 100 Å². The van der Waals surface area contributed by atoms with Crippen LogP contribution in [-0.2, 0) is 12.8 Å². The van der Waals surface area contributed by atoms with E-state index in [9.17, 15) is 0 Å². The highest BCUT2D eigenvalue weighted by atomic mass is 32.2. The summed E-state index contributed by atoms with van der Waals surface area (Å²) < 4.78 is 2.12. The van der Waals surface area contributed by atoms with E-state index in [4.69, 9.17) is 0 Å². The first kappa shape index (κ1) is 10.2. The van der Waals surface area contributed by atoms with Crippen LogP contribution in [0.3, 0.4) is 0 Å². The van der Waals surface area contributed by atoms with Crippen molar-refractivity contribution in [2.24, 2.45) is 0 Å². The van der Waals surface area contributed by atoms with Gasteiger partial charge in [0, 0.05) is 0 Å². The fraction of sp³-hybridized carbons (Fsp3) is 0.462. The minimum Gasteiger partial charge on any atom is -0.227 e. The van der Waals surface area contributed by atoms with E-state index in [2.05, 4.69) is 34.9 Å². The van der Waals surface area contributed by atoms with Crippen LogP contribution in [0.2, 0.25) is 0 Å². The first-order chi connectivity index (χ1) is 7.79. The van der Waals surface area contributed by atoms with Gasteiger partial charge in [0.05, 0.1) is 11.2 Å². The summed E-state index contributed by atoms with van der Waals surface area (Å²) in [5.41, 5.74) is 5.44. The number of pyridine rings is 1. The molecule has 0 N–H and O–H groups in total. The Balaban J connectivity index is 2.34. The number of aromatic nitrogens is 2. The zero-order valence-corrected chi connectivity index (χ0v) is 10.6. The summed E-state index contributed by atoms with van der Waals surface area (Å²) in [7, 11) is 0. The highest BCUT2D eigenvalue weighted by molar-refractivity contribution is 7.98. The Kier molecular flexibility index (Phi) is 2.43. The van der Waals surface area contributed by atoms with E-state index in [0.717, 1.165) is 5.69 Å². The maximum absolute atomic E-state index is 4.59. The molecule has 3 rings (SSSR count). The second-order valence-electron chi connectivity index (χ2n) is 4.49. The first-order valence-electron chi connectivity index (χ1n) is 5.85. The Morgan fingerprint density at radius 2 is 2.06 bits per heavy atom. The van der Waals surface area contributed by atoms with Crippen LogP contribution in [0.1, 0.15) is 29.7 Å². The topological polar surface area (TPSA) is 17.3 Å². The van der Waals surface area contributed by atoms with E-state index in [0.29, 0.717) is 0 Å². The quantitative estimate of drug-likeness (QED) is 0.702. The molecule has 84 valence electrons. The van der Waals surface area contributed by atoms with Gasteiger partial charge in [-0.1, -0.05) is 0 Å². The van der Waals surface area contributed by atoms with E-state index >= 15 is 0 Å². The van der Waals surface area contributed by atoms with Crippen LogP contribution in [0.5, 0.6) is 0 Å². The molecule has 0 spiro atoms. The van der Waals surface area contributed by atoms with Crippen molar-refractivity contribution in [3.8, 4) is 0 Å². The van der Waals surface area contributed by atoms with Crippen molar-refractivity contribution in [1.29, 1.82) is 0 Å². The Hall–Kier alpha value is -0.960. The molecule has 2 heterocycles. The van der Waals surface area contributed by atoms with Gasteiger partial charge in [0.1, 0.15) is 5.03 Å². The highest BCUT2D eigenvalue weighted by Crippen LogP contribution is 2.31. The smallest absolute Gasteiger partial charge is 0.101 e. The second-order valence-corrected chi connectivity index (χ2v) is 5.28. The van der Waals surface area contributed by atoms with Gasteiger partial charge in [-0.3, -0.25) is 0 Å². The van der Waals surface area contributed by atoms with E-state index in [1.807, 2.05) is 11.8 Å². The summed E-state index contributed by atoms with van der Waals surface area (Å²) in [4.78, 5) is 0. The molecule has 2 nitrogen and oxygen atoms in total. The molecule has 1 aliphatic rings. The zero-order chi connectivity index (χ0) is 11.1. The fourth-order valence-corrected chi connectivity index (χ4v) is 3.43. The van der Waals surface area contributed by atoms with Gasteiger partial charge in [-0.15, -0.1) is 11.8 Å². The first-order valence-corrected chi connectivity index (χ1v) is 7.07. The number of hydrogen-bond acceptors (Lipinski definition) is 2. The number of aryl methyl sites for hydroxylation is 2. The Morgan fingerprint density at radius 1 is 1.25 bits per heavy atom. The molecule has 16 heavy (non-hydrogen) atoms. The monoisotopic (exact) mass is 232 g/mol. The number of rotatable bonds is 1. The van der Waals surface area contributed by atoms with Crippen LogP contribution in [-0.4, -0.2) is 15.9 Å². The molecule has 0 aromatic carbocycles. The van der Waals surface area contributed by atoms with Gasteiger partial charge in [-0.2, -0.15) is 5.10 Å². The van der Waals surface area contributed by atoms with Gasteiger partial charge in [-0.25, -0.2) is 4.52 Å². The summed E-state index contributed by atoms with van der Waals surface area (Å²) in [5.74, 6) is 0. The minimum absolute atomic E-state index is 1.11. The molecule has 0 amide bonds. The molecule has 2 aromatic heterocycles. The second kappa shape index (κ2) is 3.81. The summed E-state index contributed by atoms with van der Waals surface area (Å²) in [6, 6.07) is 4.50. The van der Waals surface area contributed by atoms with Crippen LogP contribution in [0.4, 0.5) is 0 Å². The third-order valence-electron chi connectivity index (χ3n) is 3.34. The zero-order valence-electron chi connectivity index (χ0n) is 9.79. The van der Waals surface area contributed by atoms with E-state index in [1.54, 1.807) is 5.56 Å². The molecule has 0 saturated carbocycles. The van der Waals surface area contributed by atoms with Crippen LogP contribution < -0.4 is 0 Å². The van der Waals surface area contributed by atoms with Crippen LogP contribution in [0.15, 0.2) is 17.2 Å². The fourth-order valence-electron chi connectivity index (χ4n) is 2.63. The van der Waals surface area contributed by atoms with Crippen molar-refractivity contribution in [3.05, 3.63) is 29.0 Å². The average Bonchev–Trinajstić information content (AvgIpc) is 2.65. The number of nitrogens with zero attached hydrogens (tertiary/aromatic N) is 2. The molecule has 0 saturated heterocycles. The van der Waals surface area contributed by atoms with Crippen molar-refractivity contribution in [2.75, 3.05) is 6.26 Å². The van der Waals surface area contributed by atoms with Crippen LogP contribution in [0, 0.1) is 6.92 Å². The van der Waals surface area contributed by atoms with E-state index in [-0.39, 0.29) is 0 Å². The van der Waals surface area contributed by atoms with Gasteiger partial charge in [0.15, 0.2) is 0 Å². The Bertz CT molecular complexity index is 542. The molecular formula is C13H16N2S. The number of hydrogen-bond donors (Lipinski definition) is 0. The molecule has 0 bridgehead atoms. The van der Waals surface area contributed by atoms with Crippen molar-refractivity contribution >= 4 is 17.3 Å². The third-order valence-corrected chi connectivity index (χ3v) is 4.14. The van der Waals surface area contributed by atoms with Crippen molar-refractivity contribution in [3.63, 3.8) is 0 Å². The summed E-state index contributed by atoms with van der Waals surface area (Å²) in [6.45, 7) is 2.07. The normalized spacial score (nSPS) is 15.4. The average molecular weight is 232 g/mol. The van der Waals surface area contributed by atoms with Crippen molar-refractivity contribution in [1.82, 2.24) is 9.61 Å². The van der Waals surface area contributed by atoms with Gasteiger partial charge < -0.3 is 0 Å². The molecule has 0 unspecified atom stereocenters. The standard InChI is InChI=1S/C13H16N2S/c1-9-7-11-8-10-5-3-4-6-12(10)13(16-2)15(11)14-9/h7-8H,3-6H2,1-2H3. The van der Waals surface area contributed by atoms with E-state index < -0.39 is 0 Å². The SMILES string of the molecule is CSc1c2c(cc3cc(C)nn13)CCCC2. The summed E-state index contributed by atoms with van der Waals surface area (Å²) in [5, 5.41) is 5.94. The molecule has 0 atom stereocenters. The van der Waals surface area contributed by atoms with Gasteiger partial charge in [-0.05, 0) is 62.1 Å². The van der Waals surface area contributed by atoms with Crippen LogP contribution in [0.25, 0.3) is 5.52 Å². The number of thioether (sulfide) groups is 1. The summed E-state index contributed by atoms with van der Waals surface area (Å²) >= 11 is 1.83. The Morgan fingerprint density at radius 3 is 2.88 bits per heavy atom. The summed E-state index contributed by atoms with van der Waals surface area (Å²) in [6.07, 6.45) is 7.28. The lowest BCUT2D eigenvalue weighted by atomic mass is 9.93. The maximum atomic E-state index is 4.59. The maximum Gasteiger partial charge on any atom is 0.101 e. The molecule has 2 aromatic rings. The van der Waals surface area contributed by atoms with Crippen LogP contribution >= 0.6 is 11.8 Å². The minimum atomic E-state index is 1.11. The largest absolute Gasteiger partial charge is 0.227 e. The molecule has 0 fully saturated rings.